The van der Waals surface area contributed by atoms with Gasteiger partial charge in [-0.05, 0) is 85.0 Å². The molecule has 2 aromatic rings. The van der Waals surface area contributed by atoms with E-state index in [2.05, 4.69) is 128 Å². The minimum atomic E-state index is -1.84. The van der Waals surface area contributed by atoms with Crippen LogP contribution in [0.2, 0.25) is 36.3 Å². The van der Waals surface area contributed by atoms with Crippen LogP contribution in [-0.2, 0) is 6.42 Å². The lowest BCUT2D eigenvalue weighted by Crippen LogP contribution is -2.43. The van der Waals surface area contributed by atoms with E-state index in [1.54, 1.807) is 0 Å². The molecule has 0 amide bonds. The second-order valence-electron chi connectivity index (χ2n) is 12.1. The summed E-state index contributed by atoms with van der Waals surface area (Å²) in [6.07, 6.45) is 0.879. The summed E-state index contributed by atoms with van der Waals surface area (Å²) in [6, 6.07) is 17.2. The van der Waals surface area contributed by atoms with Crippen molar-refractivity contribution in [3.8, 4) is 23.3 Å². The maximum Gasteiger partial charge on any atom is 0.250 e. The van der Waals surface area contributed by atoms with E-state index in [0.717, 1.165) is 17.9 Å². The molecule has 0 saturated heterocycles. The molecule has 0 fully saturated rings. The Morgan fingerprint density at radius 1 is 0.697 bits per heavy atom. The lowest BCUT2D eigenvalue weighted by molar-refractivity contribution is 0.491. The summed E-state index contributed by atoms with van der Waals surface area (Å²) in [6.45, 7) is 24.7. The first-order valence-electron chi connectivity index (χ1n) is 12.0. The molecule has 0 aliphatic rings. The van der Waals surface area contributed by atoms with E-state index in [-0.39, 0.29) is 16.0 Å². The Morgan fingerprint density at radius 2 is 1.09 bits per heavy atom. The van der Waals surface area contributed by atoms with Gasteiger partial charge in [0.25, 0.3) is 0 Å². The van der Waals surface area contributed by atoms with Crippen molar-refractivity contribution in [3.63, 3.8) is 0 Å². The quantitative estimate of drug-likeness (QED) is 0.291. The Kier molecular flexibility index (Phi) is 8.36. The standard InChI is InChI=1S/C29H44O2Si2/c1-12-13-25(24-16-20-27(21-17-24)31-33(10,11)29(5,6)7)22-23-14-18-26(19-15-23)30-32(8,9)28(2,3)4/h14-21,25H,22H2,1-11H3. The Hall–Kier alpha value is -1.97. The van der Waals surface area contributed by atoms with Crippen LogP contribution in [0.5, 0.6) is 11.5 Å². The monoisotopic (exact) mass is 480 g/mol. The van der Waals surface area contributed by atoms with E-state index in [1.807, 2.05) is 6.92 Å². The van der Waals surface area contributed by atoms with Crippen LogP contribution in [0, 0.1) is 11.8 Å². The largest absolute Gasteiger partial charge is 0.544 e. The molecule has 2 rings (SSSR count). The molecule has 33 heavy (non-hydrogen) atoms. The molecule has 0 saturated carbocycles. The number of hydrogen-bond acceptors (Lipinski definition) is 2. The molecule has 0 spiro atoms. The van der Waals surface area contributed by atoms with Gasteiger partial charge in [-0.1, -0.05) is 71.7 Å². The van der Waals surface area contributed by atoms with E-state index >= 15 is 0 Å². The van der Waals surface area contributed by atoms with Crippen molar-refractivity contribution in [3.05, 3.63) is 59.7 Å². The van der Waals surface area contributed by atoms with Crippen LogP contribution in [-0.4, -0.2) is 16.6 Å². The van der Waals surface area contributed by atoms with Crippen LogP contribution in [0.15, 0.2) is 48.5 Å². The fourth-order valence-electron chi connectivity index (χ4n) is 3.02. The average molecular weight is 481 g/mol. The minimum Gasteiger partial charge on any atom is -0.544 e. The second-order valence-corrected chi connectivity index (χ2v) is 21.5. The van der Waals surface area contributed by atoms with Crippen LogP contribution in [0.3, 0.4) is 0 Å². The van der Waals surface area contributed by atoms with Gasteiger partial charge in [0.1, 0.15) is 11.5 Å². The zero-order valence-corrected chi connectivity index (χ0v) is 24.7. The van der Waals surface area contributed by atoms with Gasteiger partial charge in [-0.3, -0.25) is 0 Å². The lowest BCUT2D eigenvalue weighted by Gasteiger charge is -2.36. The molecule has 180 valence electrons. The van der Waals surface area contributed by atoms with Crippen molar-refractivity contribution in [1.29, 1.82) is 0 Å². The predicted molar refractivity (Wildman–Crippen MR) is 148 cm³/mol. The summed E-state index contributed by atoms with van der Waals surface area (Å²) in [5.74, 6) is 8.61. The number of benzene rings is 2. The Labute approximate surface area is 205 Å². The molecule has 0 radical (unpaired) electrons. The van der Waals surface area contributed by atoms with Gasteiger partial charge in [0, 0.05) is 5.92 Å². The second kappa shape index (κ2) is 10.1. The Balaban J connectivity index is 2.14. The Bertz CT molecular complexity index is 964. The topological polar surface area (TPSA) is 18.5 Å². The predicted octanol–water partition coefficient (Wildman–Crippen LogP) is 8.80. The molecule has 0 aliphatic carbocycles. The number of rotatable bonds is 7. The maximum atomic E-state index is 6.45. The minimum absolute atomic E-state index is 0.157. The van der Waals surface area contributed by atoms with Crippen LogP contribution in [0.1, 0.15) is 65.5 Å². The van der Waals surface area contributed by atoms with Gasteiger partial charge in [0.05, 0.1) is 0 Å². The fraction of sp³-hybridized carbons (Fsp3) is 0.517. The zero-order chi connectivity index (χ0) is 25.1. The molecule has 0 bridgehead atoms. The third-order valence-corrected chi connectivity index (χ3v) is 16.0. The summed E-state index contributed by atoms with van der Waals surface area (Å²) in [5.41, 5.74) is 2.50. The molecule has 0 N–H and O–H groups in total. The summed E-state index contributed by atoms with van der Waals surface area (Å²) in [7, 11) is -3.66. The molecule has 0 aromatic heterocycles. The molecule has 2 aromatic carbocycles. The third kappa shape index (κ3) is 7.26. The highest BCUT2D eigenvalue weighted by Crippen LogP contribution is 2.38. The number of hydrogen-bond donors (Lipinski definition) is 0. The smallest absolute Gasteiger partial charge is 0.250 e. The molecule has 4 heteroatoms. The van der Waals surface area contributed by atoms with E-state index in [4.69, 9.17) is 8.85 Å². The van der Waals surface area contributed by atoms with Crippen molar-refractivity contribution in [2.75, 3.05) is 0 Å². The van der Waals surface area contributed by atoms with Crippen molar-refractivity contribution < 1.29 is 8.85 Å². The maximum absolute atomic E-state index is 6.45. The molecule has 0 heterocycles. The van der Waals surface area contributed by atoms with E-state index in [1.165, 1.54) is 11.1 Å². The highest BCUT2D eigenvalue weighted by molar-refractivity contribution is 6.75. The molecule has 2 nitrogen and oxygen atoms in total. The molecular formula is C29H44O2Si2. The van der Waals surface area contributed by atoms with Crippen molar-refractivity contribution in [2.45, 2.75) is 97.1 Å². The van der Waals surface area contributed by atoms with E-state index in [0.29, 0.717) is 0 Å². The van der Waals surface area contributed by atoms with Gasteiger partial charge in [-0.15, -0.1) is 5.92 Å². The molecule has 0 aliphatic heterocycles. The summed E-state index contributed by atoms with van der Waals surface area (Å²) in [4.78, 5) is 0. The lowest BCUT2D eigenvalue weighted by atomic mass is 9.92. The van der Waals surface area contributed by atoms with Crippen LogP contribution in [0.25, 0.3) is 0 Å². The van der Waals surface area contributed by atoms with Crippen LogP contribution < -0.4 is 8.85 Å². The first kappa shape index (κ1) is 27.3. The highest BCUT2D eigenvalue weighted by atomic mass is 28.4. The van der Waals surface area contributed by atoms with Gasteiger partial charge < -0.3 is 8.85 Å². The van der Waals surface area contributed by atoms with Gasteiger partial charge >= 0.3 is 0 Å². The van der Waals surface area contributed by atoms with Gasteiger partial charge in [0.15, 0.2) is 0 Å². The van der Waals surface area contributed by atoms with Gasteiger partial charge in [-0.2, -0.15) is 0 Å². The van der Waals surface area contributed by atoms with E-state index < -0.39 is 16.6 Å². The summed E-state index contributed by atoms with van der Waals surface area (Å²) < 4.78 is 12.9. The third-order valence-electron chi connectivity index (χ3n) is 7.32. The zero-order valence-electron chi connectivity index (χ0n) is 22.7. The van der Waals surface area contributed by atoms with Crippen molar-refractivity contribution in [2.24, 2.45) is 0 Å². The summed E-state index contributed by atoms with van der Waals surface area (Å²) in [5, 5.41) is 0.371. The molecular weight excluding hydrogens is 436 g/mol. The summed E-state index contributed by atoms with van der Waals surface area (Å²) >= 11 is 0. The van der Waals surface area contributed by atoms with Crippen LogP contribution >= 0.6 is 0 Å². The van der Waals surface area contributed by atoms with Crippen molar-refractivity contribution in [1.82, 2.24) is 0 Å². The molecule has 1 unspecified atom stereocenters. The highest BCUT2D eigenvalue weighted by Gasteiger charge is 2.39. The average Bonchev–Trinajstić information content (AvgIpc) is 2.67. The van der Waals surface area contributed by atoms with E-state index in [9.17, 15) is 0 Å². The molecule has 1 atom stereocenters. The van der Waals surface area contributed by atoms with Crippen LogP contribution in [0.4, 0.5) is 0 Å². The van der Waals surface area contributed by atoms with Gasteiger partial charge in [-0.25, -0.2) is 0 Å². The first-order valence-corrected chi connectivity index (χ1v) is 17.9. The SMILES string of the molecule is CC#CC(Cc1ccc(O[Si](C)(C)C(C)(C)C)cc1)c1ccc(O[Si](C)(C)C(C)(C)C)cc1. The van der Waals surface area contributed by atoms with Gasteiger partial charge in [0.2, 0.25) is 16.6 Å². The first-order chi connectivity index (χ1) is 15.1. The van der Waals surface area contributed by atoms with Crippen molar-refractivity contribution >= 4 is 16.6 Å². The normalized spacial score (nSPS) is 13.7. The fourth-order valence-corrected chi connectivity index (χ4v) is 5.08. The Morgan fingerprint density at radius 3 is 1.45 bits per heavy atom.